The van der Waals surface area contributed by atoms with E-state index in [9.17, 15) is 5.26 Å². The van der Waals surface area contributed by atoms with Gasteiger partial charge in [0.1, 0.15) is 6.07 Å². The lowest BCUT2D eigenvalue weighted by molar-refractivity contribution is 0.0299. The van der Waals surface area contributed by atoms with Gasteiger partial charge in [0.05, 0.1) is 30.0 Å². The van der Waals surface area contributed by atoms with E-state index in [1.54, 1.807) is 0 Å². The first-order valence-electron chi connectivity index (χ1n) is 6.55. The van der Waals surface area contributed by atoms with E-state index in [-0.39, 0.29) is 6.10 Å². The highest BCUT2D eigenvalue weighted by molar-refractivity contribution is 5.64. The van der Waals surface area contributed by atoms with Gasteiger partial charge in [0.2, 0.25) is 0 Å². The van der Waals surface area contributed by atoms with E-state index in [1.165, 1.54) is 5.56 Å². The Balaban J connectivity index is 2.42. The van der Waals surface area contributed by atoms with Crippen molar-refractivity contribution in [3.8, 4) is 6.07 Å². The second-order valence-electron chi connectivity index (χ2n) is 4.94. The molecule has 2 unspecified atom stereocenters. The zero-order valence-corrected chi connectivity index (χ0v) is 11.3. The fourth-order valence-corrected chi connectivity index (χ4v) is 2.59. The van der Waals surface area contributed by atoms with E-state index in [1.807, 2.05) is 12.1 Å². The van der Waals surface area contributed by atoms with Crippen molar-refractivity contribution in [2.75, 3.05) is 18.1 Å². The van der Waals surface area contributed by atoms with Crippen LogP contribution >= 0.6 is 0 Å². The Kier molecular flexibility index (Phi) is 3.88. The third-order valence-corrected chi connectivity index (χ3v) is 3.58. The number of para-hydroxylation sites is 1. The van der Waals surface area contributed by atoms with Crippen molar-refractivity contribution in [1.82, 2.24) is 0 Å². The first-order chi connectivity index (χ1) is 8.67. The molecule has 96 valence electrons. The number of hydrogen-bond donors (Lipinski definition) is 0. The lowest BCUT2D eigenvalue weighted by Gasteiger charge is -2.41. The minimum atomic E-state index is 0.221. The second-order valence-corrected chi connectivity index (χ2v) is 4.94. The molecule has 2 atom stereocenters. The molecule has 1 fully saturated rings. The van der Waals surface area contributed by atoms with Crippen LogP contribution in [0.15, 0.2) is 18.2 Å². The van der Waals surface area contributed by atoms with E-state index in [0.29, 0.717) is 6.04 Å². The van der Waals surface area contributed by atoms with Crippen molar-refractivity contribution in [3.05, 3.63) is 29.3 Å². The van der Waals surface area contributed by atoms with Gasteiger partial charge in [-0.05, 0) is 31.9 Å². The molecule has 2 rings (SSSR count). The van der Waals surface area contributed by atoms with Crippen LogP contribution in [0.4, 0.5) is 5.69 Å². The quantitative estimate of drug-likeness (QED) is 0.802. The van der Waals surface area contributed by atoms with Crippen molar-refractivity contribution < 1.29 is 4.74 Å². The summed E-state index contributed by atoms with van der Waals surface area (Å²) in [6, 6.07) is 8.60. The zero-order chi connectivity index (χ0) is 13.1. The molecule has 0 spiro atoms. The van der Waals surface area contributed by atoms with E-state index in [0.717, 1.165) is 30.8 Å². The molecule has 1 aliphatic heterocycles. The SMILES string of the molecule is CCC1COC(C)CN1c1c(C)cccc1C#N. The predicted octanol–water partition coefficient (Wildman–Crippen LogP) is 2.87. The molecule has 0 radical (unpaired) electrons. The number of hydrogen-bond acceptors (Lipinski definition) is 3. The molecule has 3 nitrogen and oxygen atoms in total. The summed E-state index contributed by atoms with van der Waals surface area (Å²) < 4.78 is 5.72. The molecule has 1 aromatic rings. The van der Waals surface area contributed by atoms with Crippen LogP contribution in [0.5, 0.6) is 0 Å². The monoisotopic (exact) mass is 244 g/mol. The van der Waals surface area contributed by atoms with Gasteiger partial charge in [0.15, 0.2) is 0 Å². The number of nitrogens with zero attached hydrogens (tertiary/aromatic N) is 2. The molecule has 1 saturated heterocycles. The number of anilines is 1. The van der Waals surface area contributed by atoms with E-state index in [4.69, 9.17) is 4.74 Å². The number of benzene rings is 1. The third kappa shape index (κ3) is 2.34. The molecular formula is C15H20N2O. The van der Waals surface area contributed by atoms with Crippen LogP contribution in [-0.4, -0.2) is 25.3 Å². The van der Waals surface area contributed by atoms with Crippen LogP contribution in [0.25, 0.3) is 0 Å². The van der Waals surface area contributed by atoms with Crippen molar-refractivity contribution in [2.24, 2.45) is 0 Å². The van der Waals surface area contributed by atoms with Crippen LogP contribution in [0, 0.1) is 18.3 Å². The summed E-state index contributed by atoms with van der Waals surface area (Å²) in [4.78, 5) is 2.35. The van der Waals surface area contributed by atoms with Crippen LogP contribution < -0.4 is 4.90 Å². The topological polar surface area (TPSA) is 36.3 Å². The van der Waals surface area contributed by atoms with E-state index in [2.05, 4.69) is 37.8 Å². The van der Waals surface area contributed by atoms with Crippen LogP contribution in [0.1, 0.15) is 31.4 Å². The lowest BCUT2D eigenvalue weighted by Crippen LogP contribution is -2.49. The van der Waals surface area contributed by atoms with Gasteiger partial charge in [-0.25, -0.2) is 0 Å². The molecule has 0 N–H and O–H groups in total. The summed E-state index contributed by atoms with van der Waals surface area (Å²) in [7, 11) is 0. The normalized spacial score (nSPS) is 23.8. The molecule has 0 bridgehead atoms. The van der Waals surface area contributed by atoms with Gasteiger partial charge in [-0.2, -0.15) is 5.26 Å². The van der Waals surface area contributed by atoms with Gasteiger partial charge in [-0.1, -0.05) is 19.1 Å². The first-order valence-corrected chi connectivity index (χ1v) is 6.55. The number of rotatable bonds is 2. The zero-order valence-electron chi connectivity index (χ0n) is 11.3. The molecule has 1 aromatic carbocycles. The maximum Gasteiger partial charge on any atom is 0.101 e. The molecule has 18 heavy (non-hydrogen) atoms. The Bertz CT molecular complexity index is 464. The summed E-state index contributed by atoms with van der Waals surface area (Å²) in [5.41, 5.74) is 3.02. The Morgan fingerprint density at radius 2 is 2.28 bits per heavy atom. The van der Waals surface area contributed by atoms with Gasteiger partial charge in [0.25, 0.3) is 0 Å². The summed E-state index contributed by atoms with van der Waals surface area (Å²) in [5.74, 6) is 0. The maximum atomic E-state index is 9.29. The fourth-order valence-electron chi connectivity index (χ4n) is 2.59. The van der Waals surface area contributed by atoms with Crippen molar-refractivity contribution in [2.45, 2.75) is 39.3 Å². The molecule has 1 aliphatic rings. The van der Waals surface area contributed by atoms with Crippen molar-refractivity contribution >= 4 is 5.69 Å². The second kappa shape index (κ2) is 5.41. The van der Waals surface area contributed by atoms with Crippen LogP contribution in [-0.2, 0) is 4.74 Å². The summed E-state index contributed by atoms with van der Waals surface area (Å²) >= 11 is 0. The smallest absolute Gasteiger partial charge is 0.101 e. The predicted molar refractivity (Wildman–Crippen MR) is 72.7 cm³/mol. The molecule has 0 aromatic heterocycles. The molecule has 0 saturated carbocycles. The maximum absolute atomic E-state index is 9.29. The number of nitriles is 1. The third-order valence-electron chi connectivity index (χ3n) is 3.58. The fraction of sp³-hybridized carbons (Fsp3) is 0.533. The van der Waals surface area contributed by atoms with Gasteiger partial charge < -0.3 is 9.64 Å². The van der Waals surface area contributed by atoms with Crippen molar-refractivity contribution in [3.63, 3.8) is 0 Å². The van der Waals surface area contributed by atoms with Gasteiger partial charge in [0, 0.05) is 6.54 Å². The Morgan fingerprint density at radius 3 is 2.94 bits per heavy atom. The summed E-state index contributed by atoms with van der Waals surface area (Å²) in [6.45, 7) is 7.93. The van der Waals surface area contributed by atoms with E-state index < -0.39 is 0 Å². The number of aryl methyl sites for hydroxylation is 1. The minimum absolute atomic E-state index is 0.221. The van der Waals surface area contributed by atoms with Crippen LogP contribution in [0.2, 0.25) is 0 Å². The van der Waals surface area contributed by atoms with Gasteiger partial charge in [-0.15, -0.1) is 0 Å². The minimum Gasteiger partial charge on any atom is -0.375 e. The molecule has 0 amide bonds. The molecule has 0 aliphatic carbocycles. The first kappa shape index (κ1) is 12.9. The highest BCUT2D eigenvalue weighted by atomic mass is 16.5. The van der Waals surface area contributed by atoms with Crippen LogP contribution in [0.3, 0.4) is 0 Å². The highest BCUT2D eigenvalue weighted by Gasteiger charge is 2.28. The highest BCUT2D eigenvalue weighted by Crippen LogP contribution is 2.29. The van der Waals surface area contributed by atoms with Gasteiger partial charge >= 0.3 is 0 Å². The molecule has 3 heteroatoms. The van der Waals surface area contributed by atoms with Gasteiger partial charge in [-0.3, -0.25) is 0 Å². The number of morpholine rings is 1. The van der Waals surface area contributed by atoms with Crippen molar-refractivity contribution in [1.29, 1.82) is 5.26 Å². The molecular weight excluding hydrogens is 224 g/mol. The standard InChI is InChI=1S/C15H20N2O/c1-4-14-10-18-12(3)9-17(14)15-11(2)6-5-7-13(15)8-16/h5-7,12,14H,4,9-10H2,1-3H3. The Morgan fingerprint density at radius 1 is 1.50 bits per heavy atom. The summed E-state index contributed by atoms with van der Waals surface area (Å²) in [5, 5.41) is 9.29. The average molecular weight is 244 g/mol. The number of ether oxygens (including phenoxy) is 1. The molecule has 1 heterocycles. The Hall–Kier alpha value is -1.53. The van der Waals surface area contributed by atoms with E-state index >= 15 is 0 Å². The Labute approximate surface area is 109 Å². The summed E-state index contributed by atoms with van der Waals surface area (Å²) in [6.07, 6.45) is 1.25. The lowest BCUT2D eigenvalue weighted by atomic mass is 10.0. The average Bonchev–Trinajstić information content (AvgIpc) is 2.38. The largest absolute Gasteiger partial charge is 0.375 e.